The van der Waals surface area contributed by atoms with Gasteiger partial charge in [-0.3, -0.25) is 14.5 Å². The second-order valence-electron chi connectivity index (χ2n) is 9.74. The maximum atomic E-state index is 13.2. The second kappa shape index (κ2) is 9.63. The Morgan fingerprint density at radius 1 is 1.24 bits per heavy atom. The lowest BCUT2D eigenvalue weighted by Crippen LogP contribution is -2.68. The van der Waals surface area contributed by atoms with Gasteiger partial charge in [-0.1, -0.05) is 11.8 Å². The number of aromatic amines is 1. The molecule has 11 nitrogen and oxygen atoms in total. The zero-order chi connectivity index (χ0) is 24.6. The van der Waals surface area contributed by atoms with Crippen LogP contribution in [0.1, 0.15) is 54.4 Å². The fourth-order valence-corrected chi connectivity index (χ4v) is 5.86. The number of ether oxygens (including phenoxy) is 2. The van der Waals surface area contributed by atoms with E-state index in [1.54, 1.807) is 41.5 Å². The van der Waals surface area contributed by atoms with Gasteiger partial charge in [-0.2, -0.15) is 5.21 Å². The minimum absolute atomic E-state index is 0.111. The number of aromatic nitrogens is 4. The smallest absolute Gasteiger partial charge is 0.355 e. The zero-order valence-electron chi connectivity index (χ0n) is 19.6. The van der Waals surface area contributed by atoms with E-state index in [4.69, 9.17) is 15.2 Å². The summed E-state index contributed by atoms with van der Waals surface area (Å²) in [5.74, 6) is -0.843. The van der Waals surface area contributed by atoms with Gasteiger partial charge in [-0.25, -0.2) is 4.79 Å². The molecule has 1 saturated heterocycles. The number of carbonyl (C=O) groups is 3. The maximum absolute atomic E-state index is 13.2. The molecule has 0 aliphatic carbocycles. The number of carbonyl (C=O) groups excluding carboxylic acids is 3. The highest BCUT2D eigenvalue weighted by Crippen LogP contribution is 2.44. The van der Waals surface area contributed by atoms with E-state index in [0.717, 1.165) is 0 Å². The van der Waals surface area contributed by atoms with Crippen LogP contribution in [0.5, 0.6) is 0 Å². The van der Waals surface area contributed by atoms with Crippen LogP contribution in [0.15, 0.2) is 16.4 Å². The summed E-state index contributed by atoms with van der Waals surface area (Å²) in [5.41, 5.74) is 5.46. The van der Waals surface area contributed by atoms with Crippen molar-refractivity contribution >= 4 is 41.4 Å². The van der Waals surface area contributed by atoms with Crippen molar-refractivity contribution in [2.75, 3.05) is 5.75 Å². The quantitative estimate of drug-likeness (QED) is 0.320. The number of hydrogen-bond donors (Lipinski definition) is 2. The van der Waals surface area contributed by atoms with Crippen LogP contribution in [0.2, 0.25) is 0 Å². The molecule has 182 valence electrons. The minimum atomic E-state index is -0.752. The summed E-state index contributed by atoms with van der Waals surface area (Å²) in [5, 5.41) is 13.6. The molecule has 0 aromatic carbocycles. The predicted molar refractivity (Wildman–Crippen MR) is 123 cm³/mol. The number of thioether (sulfide) groups is 2. The fourth-order valence-electron chi connectivity index (χ4n) is 3.38. The van der Waals surface area contributed by atoms with E-state index in [1.165, 1.54) is 28.4 Å². The van der Waals surface area contributed by atoms with Gasteiger partial charge in [-0.05, 0) is 58.7 Å². The molecule has 3 N–H and O–H groups in total. The summed E-state index contributed by atoms with van der Waals surface area (Å²) < 4.78 is 11.1. The highest BCUT2D eigenvalue weighted by molar-refractivity contribution is 8.01. The van der Waals surface area contributed by atoms with Crippen LogP contribution in [-0.4, -0.2) is 77.0 Å². The Kier molecular flexibility index (Phi) is 7.44. The lowest BCUT2D eigenvalue weighted by atomic mass is 10.00. The third-order valence-electron chi connectivity index (χ3n) is 4.62. The van der Waals surface area contributed by atoms with Gasteiger partial charge < -0.3 is 15.2 Å². The van der Waals surface area contributed by atoms with Crippen LogP contribution in [0.3, 0.4) is 0 Å². The molecule has 33 heavy (non-hydrogen) atoms. The SMILES string of the molecule is CC(C)(C)OC(=O)CCC(Sc1nn[nH]n1)C1=C(C(=O)OC(C)(C)C)N2C(=O)C(N)[C@@H]2SC1. The Morgan fingerprint density at radius 2 is 1.91 bits per heavy atom. The van der Waals surface area contributed by atoms with E-state index in [2.05, 4.69) is 20.6 Å². The number of hydrogen-bond acceptors (Lipinski definition) is 11. The number of fused-ring (bicyclic) bond motifs is 1. The van der Waals surface area contributed by atoms with E-state index in [0.29, 0.717) is 22.9 Å². The van der Waals surface area contributed by atoms with Crippen LogP contribution in [0.25, 0.3) is 0 Å². The minimum Gasteiger partial charge on any atom is -0.460 e. The summed E-state index contributed by atoms with van der Waals surface area (Å²) in [4.78, 5) is 39.6. The van der Waals surface area contributed by atoms with Gasteiger partial charge in [0.1, 0.15) is 28.3 Å². The third-order valence-corrected chi connectivity index (χ3v) is 7.14. The molecule has 0 bridgehead atoms. The molecular weight excluding hydrogens is 468 g/mol. The predicted octanol–water partition coefficient (Wildman–Crippen LogP) is 1.62. The first-order valence-electron chi connectivity index (χ1n) is 10.6. The van der Waals surface area contributed by atoms with E-state index in [-0.39, 0.29) is 29.4 Å². The normalized spacial score (nSPS) is 21.9. The van der Waals surface area contributed by atoms with Gasteiger partial charge in [0.25, 0.3) is 0 Å². The standard InChI is InChI=1S/C20H30N6O5S2/c1-19(2,3)30-12(27)8-7-11(33-18-22-24-25-23-18)10-9-32-16-13(21)15(28)26(16)14(10)17(29)31-20(4,5)6/h11,13,16H,7-9,21H2,1-6H3,(H,22,23,24,25)/t11?,13?,16-/m0/s1. The summed E-state index contributed by atoms with van der Waals surface area (Å²) in [7, 11) is 0. The first-order chi connectivity index (χ1) is 15.3. The van der Waals surface area contributed by atoms with Crippen molar-refractivity contribution in [3.05, 3.63) is 11.3 Å². The number of nitrogens with zero attached hydrogens (tertiary/aromatic N) is 4. The molecule has 1 aromatic rings. The molecule has 0 saturated carbocycles. The fraction of sp³-hybridized carbons (Fsp3) is 0.700. The maximum Gasteiger partial charge on any atom is 0.355 e. The average molecular weight is 499 g/mol. The van der Waals surface area contributed by atoms with Crippen molar-refractivity contribution in [1.29, 1.82) is 0 Å². The molecule has 2 aliphatic rings. The monoisotopic (exact) mass is 498 g/mol. The highest BCUT2D eigenvalue weighted by Gasteiger charge is 2.53. The Morgan fingerprint density at radius 3 is 2.48 bits per heavy atom. The summed E-state index contributed by atoms with van der Waals surface area (Å²) in [6.07, 6.45) is 0.453. The van der Waals surface area contributed by atoms with Crippen LogP contribution >= 0.6 is 23.5 Å². The number of tetrazole rings is 1. The summed E-state index contributed by atoms with van der Waals surface area (Å²) >= 11 is 2.74. The first-order valence-corrected chi connectivity index (χ1v) is 12.5. The second-order valence-corrected chi connectivity index (χ2v) is 12.0. The Bertz CT molecular complexity index is 938. The molecule has 1 amide bonds. The van der Waals surface area contributed by atoms with E-state index < -0.39 is 28.5 Å². The van der Waals surface area contributed by atoms with Gasteiger partial charge in [0, 0.05) is 17.4 Å². The Labute approximate surface area is 200 Å². The van der Waals surface area contributed by atoms with Crippen molar-refractivity contribution in [3.63, 3.8) is 0 Å². The number of nitrogens with one attached hydrogen (secondary N) is 1. The van der Waals surface area contributed by atoms with Gasteiger partial charge in [0.2, 0.25) is 11.1 Å². The molecule has 3 atom stereocenters. The number of β-lactam (4-membered cyclic amide) rings is 1. The number of nitrogens with two attached hydrogens (primary N) is 1. The molecule has 13 heteroatoms. The molecule has 2 unspecified atom stereocenters. The van der Waals surface area contributed by atoms with Crippen molar-refractivity contribution in [3.8, 4) is 0 Å². The highest BCUT2D eigenvalue weighted by atomic mass is 32.2. The molecule has 3 rings (SSSR count). The van der Waals surface area contributed by atoms with E-state index in [1.807, 2.05) is 0 Å². The molecule has 0 radical (unpaired) electrons. The molecule has 3 heterocycles. The molecule has 2 aliphatic heterocycles. The number of rotatable bonds is 7. The zero-order valence-corrected chi connectivity index (χ0v) is 21.2. The van der Waals surface area contributed by atoms with Crippen LogP contribution in [0, 0.1) is 0 Å². The number of amides is 1. The molecule has 0 spiro atoms. The molecular formula is C20H30N6O5S2. The van der Waals surface area contributed by atoms with Crippen LogP contribution in [-0.2, 0) is 23.9 Å². The van der Waals surface area contributed by atoms with Crippen molar-refractivity contribution in [2.45, 2.75) is 87.4 Å². The van der Waals surface area contributed by atoms with Gasteiger partial charge in [-0.15, -0.1) is 22.0 Å². The summed E-state index contributed by atoms with van der Waals surface area (Å²) in [6.45, 7) is 10.7. The Hall–Kier alpha value is -2.12. The van der Waals surface area contributed by atoms with Crippen LogP contribution in [0.4, 0.5) is 0 Å². The largest absolute Gasteiger partial charge is 0.460 e. The van der Waals surface area contributed by atoms with Crippen molar-refractivity contribution in [1.82, 2.24) is 25.5 Å². The van der Waals surface area contributed by atoms with Gasteiger partial charge >= 0.3 is 11.9 Å². The lowest BCUT2D eigenvalue weighted by Gasteiger charge is -2.49. The summed E-state index contributed by atoms with van der Waals surface area (Å²) in [6, 6.07) is -0.668. The van der Waals surface area contributed by atoms with E-state index >= 15 is 0 Å². The van der Waals surface area contributed by atoms with E-state index in [9.17, 15) is 14.4 Å². The third kappa shape index (κ3) is 6.27. The van der Waals surface area contributed by atoms with Gasteiger partial charge in [0.05, 0.1) is 0 Å². The Balaban J connectivity index is 1.95. The number of H-pyrrole nitrogens is 1. The van der Waals surface area contributed by atoms with Crippen molar-refractivity contribution in [2.24, 2.45) is 5.73 Å². The topological polar surface area (TPSA) is 153 Å². The van der Waals surface area contributed by atoms with Crippen molar-refractivity contribution < 1.29 is 23.9 Å². The average Bonchev–Trinajstić information content (AvgIpc) is 3.20. The first kappa shape index (κ1) is 25.5. The van der Waals surface area contributed by atoms with Crippen LogP contribution < -0.4 is 5.73 Å². The molecule has 1 fully saturated rings. The molecule has 1 aromatic heterocycles. The lowest BCUT2D eigenvalue weighted by molar-refractivity contribution is -0.158. The number of esters is 2. The van der Waals surface area contributed by atoms with Gasteiger partial charge in [0.15, 0.2) is 0 Å².